The Bertz CT molecular complexity index is 1010. The van der Waals surface area contributed by atoms with Crippen LogP contribution in [-0.4, -0.2) is 15.5 Å². The van der Waals surface area contributed by atoms with Crippen molar-refractivity contribution in [2.75, 3.05) is 0 Å². The number of nitrogens with zero attached hydrogens (tertiary/aromatic N) is 2. The smallest absolute Gasteiger partial charge is 0.326 e. The summed E-state index contributed by atoms with van der Waals surface area (Å²) in [7, 11) is 0. The lowest BCUT2D eigenvalue weighted by Gasteiger charge is -2.09. The van der Waals surface area contributed by atoms with E-state index in [1.165, 1.54) is 22.2 Å². The second-order valence-electron chi connectivity index (χ2n) is 5.50. The molecule has 130 valence electrons. The number of rotatable bonds is 4. The highest BCUT2D eigenvalue weighted by Gasteiger charge is 2.15. The lowest BCUT2D eigenvalue weighted by molar-refractivity contribution is -0.145. The molecule has 0 aliphatic heterocycles. The predicted octanol–water partition coefficient (Wildman–Crippen LogP) is 4.13. The molecule has 0 aliphatic carbocycles. The topological polar surface area (TPSA) is 61.2 Å². The van der Waals surface area contributed by atoms with Gasteiger partial charge in [0.1, 0.15) is 18.0 Å². The van der Waals surface area contributed by atoms with Crippen LogP contribution < -0.4 is 5.56 Å². The molecule has 0 saturated carbocycles. The molecule has 2 heterocycles. The van der Waals surface area contributed by atoms with Crippen LogP contribution in [0.2, 0.25) is 10.0 Å². The first-order valence-corrected chi connectivity index (χ1v) is 8.99. The van der Waals surface area contributed by atoms with E-state index in [4.69, 9.17) is 27.9 Å². The molecule has 3 aromatic rings. The maximum atomic E-state index is 12.6. The van der Waals surface area contributed by atoms with E-state index < -0.39 is 5.97 Å². The number of fused-ring (bicyclic) bond motifs is 1. The number of aromatic nitrogens is 2. The molecular weight excluding hydrogens is 383 g/mol. The van der Waals surface area contributed by atoms with Crippen molar-refractivity contribution in [3.05, 3.63) is 60.9 Å². The molecule has 5 nitrogen and oxygen atoms in total. The average Bonchev–Trinajstić information content (AvgIpc) is 2.85. The summed E-state index contributed by atoms with van der Waals surface area (Å²) in [6.45, 7) is 3.53. The molecule has 3 rings (SSSR count). The van der Waals surface area contributed by atoms with E-state index in [1.54, 1.807) is 18.2 Å². The first kappa shape index (κ1) is 17.9. The molecule has 0 aliphatic rings. The summed E-state index contributed by atoms with van der Waals surface area (Å²) >= 11 is 13.5. The molecule has 0 amide bonds. The van der Waals surface area contributed by atoms with Crippen LogP contribution in [0.1, 0.15) is 16.0 Å². The van der Waals surface area contributed by atoms with E-state index in [0.717, 1.165) is 10.4 Å². The highest BCUT2D eigenvalue weighted by molar-refractivity contribution is 7.18. The van der Waals surface area contributed by atoms with Gasteiger partial charge < -0.3 is 4.74 Å². The Kier molecular flexibility index (Phi) is 5.13. The van der Waals surface area contributed by atoms with Crippen LogP contribution in [0.25, 0.3) is 10.2 Å². The van der Waals surface area contributed by atoms with E-state index in [2.05, 4.69) is 4.98 Å². The number of ether oxygens (including phenoxy) is 1. The third-order valence-corrected chi connectivity index (χ3v) is 5.72. The van der Waals surface area contributed by atoms with Crippen molar-refractivity contribution in [3.8, 4) is 0 Å². The molecule has 8 heteroatoms. The Morgan fingerprint density at radius 1 is 1.28 bits per heavy atom. The van der Waals surface area contributed by atoms with Crippen LogP contribution >= 0.6 is 34.5 Å². The fraction of sp³-hybridized carbons (Fsp3) is 0.235. The van der Waals surface area contributed by atoms with Crippen molar-refractivity contribution in [1.29, 1.82) is 0 Å². The predicted molar refractivity (Wildman–Crippen MR) is 99.6 cm³/mol. The molecule has 0 bridgehead atoms. The van der Waals surface area contributed by atoms with Gasteiger partial charge in [-0.2, -0.15) is 0 Å². The van der Waals surface area contributed by atoms with Crippen LogP contribution in [0.15, 0.2) is 29.3 Å². The van der Waals surface area contributed by atoms with Gasteiger partial charge in [-0.05, 0) is 31.5 Å². The molecular formula is C17H14Cl2N2O3S. The number of halogens is 2. The number of benzene rings is 1. The van der Waals surface area contributed by atoms with Crippen LogP contribution in [0.3, 0.4) is 0 Å². The maximum Gasteiger partial charge on any atom is 0.326 e. The summed E-state index contributed by atoms with van der Waals surface area (Å²) in [6.07, 6.45) is 1.36. The van der Waals surface area contributed by atoms with Crippen molar-refractivity contribution < 1.29 is 9.53 Å². The number of hydrogen-bond acceptors (Lipinski definition) is 5. The quantitative estimate of drug-likeness (QED) is 0.622. The van der Waals surface area contributed by atoms with Crippen LogP contribution in [0.5, 0.6) is 0 Å². The molecule has 0 spiro atoms. The van der Waals surface area contributed by atoms with Gasteiger partial charge >= 0.3 is 5.97 Å². The first-order valence-electron chi connectivity index (χ1n) is 7.42. The molecule has 1 aromatic carbocycles. The van der Waals surface area contributed by atoms with E-state index >= 15 is 0 Å². The number of hydrogen-bond donors (Lipinski definition) is 0. The molecule has 0 saturated heterocycles. The molecule has 0 atom stereocenters. The van der Waals surface area contributed by atoms with E-state index in [1.807, 2.05) is 13.8 Å². The number of carbonyl (C=O) groups excluding carboxylic acids is 1. The SMILES string of the molecule is Cc1sc2ncn(CC(=O)OCc3c(Cl)cccc3Cl)c(=O)c2c1C. The Balaban J connectivity index is 1.77. The zero-order valence-electron chi connectivity index (χ0n) is 13.5. The fourth-order valence-corrected chi connectivity index (χ4v) is 3.88. The van der Waals surface area contributed by atoms with Crippen molar-refractivity contribution in [3.63, 3.8) is 0 Å². The highest BCUT2D eigenvalue weighted by Crippen LogP contribution is 2.26. The second kappa shape index (κ2) is 7.15. The van der Waals surface area contributed by atoms with Gasteiger partial charge in [-0.15, -0.1) is 11.3 Å². The zero-order valence-corrected chi connectivity index (χ0v) is 15.8. The second-order valence-corrected chi connectivity index (χ2v) is 7.52. The van der Waals surface area contributed by atoms with Gasteiger partial charge in [0, 0.05) is 20.5 Å². The lowest BCUT2D eigenvalue weighted by atomic mass is 10.2. The van der Waals surface area contributed by atoms with Gasteiger partial charge in [0.05, 0.1) is 11.7 Å². The van der Waals surface area contributed by atoms with Crippen molar-refractivity contribution in [2.45, 2.75) is 27.0 Å². The van der Waals surface area contributed by atoms with Gasteiger partial charge in [0.2, 0.25) is 0 Å². The van der Waals surface area contributed by atoms with Gasteiger partial charge in [-0.1, -0.05) is 29.3 Å². The number of thiophene rings is 1. The van der Waals surface area contributed by atoms with E-state index in [9.17, 15) is 9.59 Å². The zero-order chi connectivity index (χ0) is 18.1. The molecule has 25 heavy (non-hydrogen) atoms. The number of carbonyl (C=O) groups is 1. The van der Waals surface area contributed by atoms with Crippen molar-refractivity contribution in [2.24, 2.45) is 0 Å². The summed E-state index contributed by atoms with van der Waals surface area (Å²) in [5, 5.41) is 1.39. The average molecular weight is 397 g/mol. The molecule has 0 N–H and O–H groups in total. The van der Waals surface area contributed by atoms with Crippen LogP contribution in [0.4, 0.5) is 0 Å². The Labute approximate surface area is 157 Å². The van der Waals surface area contributed by atoms with Crippen LogP contribution in [-0.2, 0) is 22.7 Å². The summed E-state index contributed by atoms with van der Waals surface area (Å²) in [5.41, 5.74) is 1.17. The highest BCUT2D eigenvalue weighted by atomic mass is 35.5. The van der Waals surface area contributed by atoms with Gasteiger partial charge in [0.25, 0.3) is 5.56 Å². The largest absolute Gasteiger partial charge is 0.459 e. The van der Waals surface area contributed by atoms with E-state index in [0.29, 0.717) is 25.8 Å². The van der Waals surface area contributed by atoms with Crippen LogP contribution in [0, 0.1) is 13.8 Å². The monoisotopic (exact) mass is 396 g/mol. The van der Waals surface area contributed by atoms with Crippen molar-refractivity contribution in [1.82, 2.24) is 9.55 Å². The van der Waals surface area contributed by atoms with Crippen molar-refractivity contribution >= 4 is 50.7 Å². The normalized spacial score (nSPS) is 11.0. The van der Waals surface area contributed by atoms with Gasteiger partial charge in [0.15, 0.2) is 0 Å². The number of aryl methyl sites for hydroxylation is 2. The first-order chi connectivity index (χ1) is 11.9. The minimum Gasteiger partial charge on any atom is -0.459 e. The Morgan fingerprint density at radius 3 is 2.64 bits per heavy atom. The number of esters is 1. The Hall–Kier alpha value is -1.89. The van der Waals surface area contributed by atoms with Gasteiger partial charge in [-0.25, -0.2) is 4.98 Å². The Morgan fingerprint density at radius 2 is 1.96 bits per heavy atom. The minimum atomic E-state index is -0.566. The third-order valence-electron chi connectivity index (χ3n) is 3.89. The van der Waals surface area contributed by atoms with E-state index in [-0.39, 0.29) is 18.7 Å². The maximum absolute atomic E-state index is 12.6. The minimum absolute atomic E-state index is 0.0572. The molecule has 0 radical (unpaired) electrons. The molecule has 2 aromatic heterocycles. The summed E-state index contributed by atoms with van der Waals surface area (Å²) in [6, 6.07) is 5.04. The summed E-state index contributed by atoms with van der Waals surface area (Å²) in [4.78, 5) is 30.6. The summed E-state index contributed by atoms with van der Waals surface area (Å²) in [5.74, 6) is -0.566. The lowest BCUT2D eigenvalue weighted by Crippen LogP contribution is -2.25. The summed E-state index contributed by atoms with van der Waals surface area (Å²) < 4.78 is 6.45. The molecule has 0 fully saturated rings. The standard InChI is InChI=1S/C17H14Cl2N2O3S/c1-9-10(2)25-16-15(9)17(23)21(8-20-16)6-14(22)24-7-11-12(18)4-3-5-13(11)19/h3-5,8H,6-7H2,1-2H3. The third kappa shape index (κ3) is 3.56. The fourth-order valence-electron chi connectivity index (χ4n) is 2.39. The molecule has 0 unspecified atom stereocenters. The van der Waals surface area contributed by atoms with Gasteiger partial charge in [-0.3, -0.25) is 14.2 Å².